The van der Waals surface area contributed by atoms with Crippen LogP contribution in [-0.2, 0) is 13.2 Å². The molecule has 7 nitrogen and oxygen atoms in total. The number of alkyl halides is 3. The maximum atomic E-state index is 13.0. The zero-order valence-electron chi connectivity index (χ0n) is 14.6. The van der Waals surface area contributed by atoms with Gasteiger partial charge in [-0.2, -0.15) is 22.6 Å². The molecule has 4 rings (SSSR count). The molecule has 3 heterocycles. The number of rotatable bonds is 2. The molecule has 0 spiro atoms. The molecule has 4 aromatic rings. The average molecular weight is 407 g/mol. The molecule has 0 radical (unpaired) electrons. The van der Waals surface area contributed by atoms with E-state index in [1.165, 1.54) is 17.6 Å². The number of fused-ring (bicyclic) bond motifs is 1. The van der Waals surface area contributed by atoms with E-state index in [1.54, 1.807) is 29.2 Å². The number of hydrogen-bond donors (Lipinski definition) is 0. The van der Waals surface area contributed by atoms with Crippen LogP contribution in [0.15, 0.2) is 46.2 Å². The normalized spacial score (nSPS) is 12.0. The Bertz CT molecular complexity index is 1330. The number of hydrogen-bond acceptors (Lipinski definition) is 5. The van der Waals surface area contributed by atoms with Gasteiger partial charge in [0.05, 0.1) is 16.6 Å². The third kappa shape index (κ3) is 2.83. The van der Waals surface area contributed by atoms with Gasteiger partial charge in [-0.15, -0.1) is 0 Å². The van der Waals surface area contributed by atoms with Gasteiger partial charge < -0.3 is 0 Å². The SMILES string of the molecule is Cc1cnn(-c2nsc3ccc(-n4c(=O)cc(C(F)(F)F)n(C)c4=O)cc23)c1. The number of aromatic nitrogens is 5. The van der Waals surface area contributed by atoms with E-state index >= 15 is 0 Å². The van der Waals surface area contributed by atoms with Crippen molar-refractivity contribution in [1.29, 1.82) is 0 Å². The van der Waals surface area contributed by atoms with Crippen LogP contribution in [0, 0.1) is 6.92 Å². The van der Waals surface area contributed by atoms with Crippen LogP contribution in [-0.4, -0.2) is 23.3 Å². The summed E-state index contributed by atoms with van der Waals surface area (Å²) in [7, 11) is 0.976. The summed E-state index contributed by atoms with van der Waals surface area (Å²) < 4.78 is 46.9. The van der Waals surface area contributed by atoms with E-state index in [4.69, 9.17) is 0 Å². The van der Waals surface area contributed by atoms with E-state index < -0.39 is 23.1 Å². The lowest BCUT2D eigenvalue weighted by Gasteiger charge is -2.14. The third-order valence-electron chi connectivity index (χ3n) is 4.23. The first-order chi connectivity index (χ1) is 13.2. The van der Waals surface area contributed by atoms with Gasteiger partial charge in [-0.1, -0.05) is 0 Å². The van der Waals surface area contributed by atoms with Crippen molar-refractivity contribution in [3.63, 3.8) is 0 Å². The monoisotopic (exact) mass is 407 g/mol. The minimum absolute atomic E-state index is 0.150. The van der Waals surface area contributed by atoms with Gasteiger partial charge in [0.1, 0.15) is 5.69 Å². The highest BCUT2D eigenvalue weighted by Gasteiger charge is 2.35. The Kier molecular flexibility index (Phi) is 4.00. The molecule has 0 saturated heterocycles. The Morgan fingerprint density at radius 1 is 1.14 bits per heavy atom. The van der Waals surface area contributed by atoms with Crippen molar-refractivity contribution in [2.24, 2.45) is 7.05 Å². The Morgan fingerprint density at radius 2 is 1.89 bits per heavy atom. The van der Waals surface area contributed by atoms with E-state index in [0.717, 1.165) is 17.3 Å². The molecule has 144 valence electrons. The maximum absolute atomic E-state index is 13.0. The molecule has 0 atom stereocenters. The fraction of sp³-hybridized carbons (Fsp3) is 0.176. The van der Waals surface area contributed by atoms with E-state index in [-0.39, 0.29) is 5.69 Å². The highest BCUT2D eigenvalue weighted by Crippen LogP contribution is 2.28. The van der Waals surface area contributed by atoms with E-state index in [1.807, 2.05) is 6.92 Å². The highest BCUT2D eigenvalue weighted by atomic mass is 32.1. The van der Waals surface area contributed by atoms with Gasteiger partial charge in [-0.25, -0.2) is 14.0 Å². The number of benzene rings is 1. The summed E-state index contributed by atoms with van der Waals surface area (Å²) in [6, 6.07) is 5.11. The van der Waals surface area contributed by atoms with Crippen molar-refractivity contribution in [2.75, 3.05) is 0 Å². The standard InChI is InChI=1S/C17H12F3N5O2S/c1-9-7-21-24(8-9)15-11-5-10(3-4-12(11)28-22-15)25-14(26)6-13(17(18,19)20)23(2)16(25)27/h3-8H,1-2H3. The largest absolute Gasteiger partial charge is 0.431 e. The highest BCUT2D eigenvalue weighted by molar-refractivity contribution is 7.13. The zero-order chi connectivity index (χ0) is 20.2. The molecule has 3 aromatic heterocycles. The second-order valence-electron chi connectivity index (χ2n) is 6.19. The molecule has 0 aliphatic heterocycles. The van der Waals surface area contributed by atoms with Gasteiger partial charge in [-0.3, -0.25) is 9.36 Å². The summed E-state index contributed by atoms with van der Waals surface area (Å²) >= 11 is 1.21. The van der Waals surface area contributed by atoms with Gasteiger partial charge in [0.25, 0.3) is 5.56 Å². The van der Waals surface area contributed by atoms with Crippen LogP contribution in [0.3, 0.4) is 0 Å². The van der Waals surface area contributed by atoms with Crippen molar-refractivity contribution < 1.29 is 13.2 Å². The van der Waals surface area contributed by atoms with Gasteiger partial charge >= 0.3 is 11.9 Å². The number of halogens is 3. The second kappa shape index (κ2) is 6.16. The topological polar surface area (TPSA) is 74.7 Å². The van der Waals surface area contributed by atoms with E-state index in [9.17, 15) is 22.8 Å². The van der Waals surface area contributed by atoms with Crippen LogP contribution >= 0.6 is 11.5 Å². The molecule has 0 amide bonds. The summed E-state index contributed by atoms with van der Waals surface area (Å²) in [4.78, 5) is 24.8. The minimum atomic E-state index is -4.81. The smallest absolute Gasteiger partial charge is 0.292 e. The summed E-state index contributed by atoms with van der Waals surface area (Å²) in [5, 5.41) is 4.82. The first-order valence-electron chi connectivity index (χ1n) is 7.98. The van der Waals surface area contributed by atoms with Crippen LogP contribution in [0.1, 0.15) is 11.3 Å². The number of aryl methyl sites for hydroxylation is 1. The van der Waals surface area contributed by atoms with Gasteiger partial charge in [0, 0.05) is 24.7 Å². The molecule has 0 aliphatic rings. The summed E-state index contributed by atoms with van der Waals surface area (Å²) in [6.45, 7) is 1.87. The minimum Gasteiger partial charge on any atom is -0.292 e. The fourth-order valence-electron chi connectivity index (χ4n) is 2.88. The summed E-state index contributed by atoms with van der Waals surface area (Å²) in [5.74, 6) is 0.506. The lowest BCUT2D eigenvalue weighted by molar-refractivity contribution is -0.144. The Morgan fingerprint density at radius 3 is 2.54 bits per heavy atom. The van der Waals surface area contributed by atoms with Crippen LogP contribution in [0.4, 0.5) is 13.2 Å². The molecule has 1 aromatic carbocycles. The maximum Gasteiger partial charge on any atom is 0.431 e. The predicted molar refractivity (Wildman–Crippen MR) is 97.3 cm³/mol. The van der Waals surface area contributed by atoms with Crippen LogP contribution in [0.25, 0.3) is 21.6 Å². The number of nitrogens with zero attached hydrogens (tertiary/aromatic N) is 5. The Balaban J connectivity index is 1.95. The average Bonchev–Trinajstić information content (AvgIpc) is 3.22. The predicted octanol–water partition coefficient (Wildman–Crippen LogP) is 2.66. The quantitative estimate of drug-likeness (QED) is 0.512. The van der Waals surface area contributed by atoms with Crippen molar-refractivity contribution in [1.82, 2.24) is 23.3 Å². The third-order valence-corrected chi connectivity index (χ3v) is 5.05. The van der Waals surface area contributed by atoms with Crippen LogP contribution in [0.5, 0.6) is 0 Å². The van der Waals surface area contributed by atoms with Crippen molar-refractivity contribution >= 4 is 21.6 Å². The summed E-state index contributed by atoms with van der Waals surface area (Å²) in [6.07, 6.45) is -1.38. The first-order valence-corrected chi connectivity index (χ1v) is 8.76. The van der Waals surface area contributed by atoms with E-state index in [0.29, 0.717) is 26.4 Å². The molecule has 0 N–H and O–H groups in total. The molecule has 0 saturated carbocycles. The molecule has 0 unspecified atom stereocenters. The summed E-state index contributed by atoms with van der Waals surface area (Å²) in [5.41, 5.74) is -2.37. The van der Waals surface area contributed by atoms with Gasteiger partial charge in [-0.05, 0) is 42.2 Å². The van der Waals surface area contributed by atoms with Crippen molar-refractivity contribution in [2.45, 2.75) is 13.1 Å². The molecule has 28 heavy (non-hydrogen) atoms. The molecule has 11 heteroatoms. The van der Waals surface area contributed by atoms with E-state index in [2.05, 4.69) is 9.47 Å². The van der Waals surface area contributed by atoms with Crippen LogP contribution in [0.2, 0.25) is 0 Å². The van der Waals surface area contributed by atoms with Gasteiger partial charge in [0.15, 0.2) is 5.82 Å². The Labute approximate surface area is 159 Å². The van der Waals surface area contributed by atoms with Crippen molar-refractivity contribution in [3.05, 3.63) is 68.8 Å². The lowest BCUT2D eigenvalue weighted by atomic mass is 10.2. The Hall–Kier alpha value is -3.21. The molecule has 0 aliphatic carbocycles. The molecule has 0 fully saturated rings. The van der Waals surface area contributed by atoms with Crippen LogP contribution < -0.4 is 11.2 Å². The molecular formula is C17H12F3N5O2S. The molecular weight excluding hydrogens is 395 g/mol. The fourth-order valence-corrected chi connectivity index (χ4v) is 3.63. The zero-order valence-corrected chi connectivity index (χ0v) is 15.4. The van der Waals surface area contributed by atoms with Gasteiger partial charge in [0.2, 0.25) is 0 Å². The van der Waals surface area contributed by atoms with Crippen molar-refractivity contribution in [3.8, 4) is 11.5 Å². The second-order valence-corrected chi connectivity index (χ2v) is 7.00. The lowest BCUT2D eigenvalue weighted by Crippen LogP contribution is -2.40. The molecule has 0 bridgehead atoms. The first kappa shape index (κ1) is 18.2.